The Morgan fingerprint density at radius 1 is 1.26 bits per heavy atom. The lowest BCUT2D eigenvalue weighted by molar-refractivity contribution is -0.157. The van der Waals surface area contributed by atoms with Crippen LogP contribution in [0, 0.1) is 22.6 Å². The molecule has 182 valence electrons. The fraction of sp³-hybridized carbons (Fsp3) is 0.520. The van der Waals surface area contributed by atoms with Crippen molar-refractivity contribution < 1.29 is 13.9 Å². The lowest BCUT2D eigenvalue weighted by Crippen LogP contribution is -2.45. The molecule has 3 rings (SSSR count). The van der Waals surface area contributed by atoms with Gasteiger partial charge in [-0.25, -0.2) is 14.4 Å². The number of rotatable bonds is 4. The van der Waals surface area contributed by atoms with Gasteiger partial charge in [-0.15, -0.1) is 0 Å². The van der Waals surface area contributed by atoms with Crippen molar-refractivity contribution in [3.63, 3.8) is 0 Å². The van der Waals surface area contributed by atoms with Crippen LogP contribution < -0.4 is 5.32 Å². The van der Waals surface area contributed by atoms with Crippen LogP contribution in [-0.2, 0) is 14.9 Å². The number of halogens is 3. The molecule has 4 atom stereocenters. The molecule has 0 radical (unpaired) electrons. The molecule has 1 aromatic heterocycles. The van der Waals surface area contributed by atoms with Crippen molar-refractivity contribution in [1.82, 2.24) is 15.3 Å². The predicted molar refractivity (Wildman–Crippen MR) is 132 cm³/mol. The maximum Gasteiger partial charge on any atom is 0.324 e. The number of nitriles is 1. The Bertz CT molecular complexity index is 1110. The van der Waals surface area contributed by atoms with E-state index in [0.717, 1.165) is 0 Å². The topological polar surface area (TPSA) is 87.9 Å². The third kappa shape index (κ3) is 5.27. The highest BCUT2D eigenvalue weighted by Gasteiger charge is 2.62. The lowest BCUT2D eigenvalue weighted by atomic mass is 9.65. The van der Waals surface area contributed by atoms with Crippen molar-refractivity contribution >= 4 is 33.5 Å². The molecule has 0 bridgehead atoms. The van der Waals surface area contributed by atoms with Crippen LogP contribution in [-0.4, -0.2) is 33.6 Å². The average Bonchev–Trinajstić information content (AvgIpc) is 3.02. The highest BCUT2D eigenvalue weighted by molar-refractivity contribution is 9.10. The highest BCUT2D eigenvalue weighted by Crippen LogP contribution is 2.51. The van der Waals surface area contributed by atoms with Crippen molar-refractivity contribution in [3.8, 4) is 6.07 Å². The molecule has 9 heteroatoms. The van der Waals surface area contributed by atoms with E-state index in [1.165, 1.54) is 6.07 Å². The van der Waals surface area contributed by atoms with Crippen LogP contribution in [0.1, 0.15) is 65.3 Å². The van der Waals surface area contributed by atoms with Crippen LogP contribution >= 0.6 is 27.5 Å². The summed E-state index contributed by atoms with van der Waals surface area (Å²) in [5.74, 6) is -2.04. The predicted octanol–water partition coefficient (Wildman–Crippen LogP) is 5.70. The van der Waals surface area contributed by atoms with Crippen LogP contribution in [0.4, 0.5) is 4.39 Å². The number of hydrogen-bond donors (Lipinski definition) is 1. The van der Waals surface area contributed by atoms with Gasteiger partial charge in [0.1, 0.15) is 22.9 Å². The maximum absolute atomic E-state index is 15.5. The Balaban J connectivity index is 2.32. The van der Waals surface area contributed by atoms with Crippen molar-refractivity contribution in [3.05, 3.63) is 57.3 Å². The maximum atomic E-state index is 15.5. The van der Waals surface area contributed by atoms with Gasteiger partial charge in [0.25, 0.3) is 0 Å². The number of hydrogen-bond acceptors (Lipinski definition) is 6. The zero-order valence-corrected chi connectivity index (χ0v) is 22.5. The van der Waals surface area contributed by atoms with E-state index in [1.807, 2.05) is 20.8 Å². The molecule has 1 aromatic carbocycles. The number of esters is 1. The van der Waals surface area contributed by atoms with E-state index >= 15 is 4.39 Å². The largest absolute Gasteiger partial charge is 0.459 e. The summed E-state index contributed by atoms with van der Waals surface area (Å²) in [5.41, 5.74) is -2.33. The molecule has 0 saturated carbocycles. The quantitative estimate of drug-likeness (QED) is 0.491. The van der Waals surface area contributed by atoms with Crippen LogP contribution in [0.25, 0.3) is 0 Å². The van der Waals surface area contributed by atoms with Crippen LogP contribution in [0.3, 0.4) is 0 Å². The van der Waals surface area contributed by atoms with Gasteiger partial charge in [0, 0.05) is 24.4 Å². The number of nitrogens with zero attached hydrogens (tertiary/aromatic N) is 3. The summed E-state index contributed by atoms with van der Waals surface area (Å²) in [4.78, 5) is 22.3. The Hall–Kier alpha value is -2.08. The fourth-order valence-corrected chi connectivity index (χ4v) is 4.92. The lowest BCUT2D eigenvalue weighted by Gasteiger charge is -2.35. The SMILES string of the molecule is CC(C)(C)C[C@@H]1N[C@@H](C(=O)OC(C)(C)C)[C@H](c2cccc(Cl)c2F)[C@]1(C#N)c1ncc(Br)cn1. The van der Waals surface area contributed by atoms with E-state index in [0.29, 0.717) is 10.9 Å². The summed E-state index contributed by atoms with van der Waals surface area (Å²) in [6, 6.07) is 5.41. The van der Waals surface area contributed by atoms with Crippen LogP contribution in [0.15, 0.2) is 35.1 Å². The number of carbonyl (C=O) groups excluding carboxylic acids is 1. The zero-order chi connectivity index (χ0) is 25.5. The molecule has 1 aliphatic heterocycles. The normalized spacial score (nSPS) is 25.1. The van der Waals surface area contributed by atoms with E-state index in [1.54, 1.807) is 45.3 Å². The third-order valence-electron chi connectivity index (χ3n) is 5.72. The van der Waals surface area contributed by atoms with Gasteiger partial charge in [0.05, 0.1) is 15.6 Å². The van der Waals surface area contributed by atoms with Crippen molar-refractivity contribution in [2.45, 2.75) is 77.0 Å². The molecule has 0 amide bonds. The first kappa shape index (κ1) is 26.5. The summed E-state index contributed by atoms with van der Waals surface area (Å²) in [5, 5.41) is 14.0. The van der Waals surface area contributed by atoms with Gasteiger partial charge < -0.3 is 4.74 Å². The van der Waals surface area contributed by atoms with E-state index in [-0.39, 0.29) is 21.8 Å². The fourth-order valence-electron chi connectivity index (χ4n) is 4.53. The molecule has 1 N–H and O–H groups in total. The second-order valence-corrected chi connectivity index (χ2v) is 12.1. The summed E-state index contributed by atoms with van der Waals surface area (Å²) in [6.45, 7) is 11.4. The molecular formula is C25H29BrClFN4O2. The summed E-state index contributed by atoms with van der Waals surface area (Å²) in [7, 11) is 0. The van der Waals surface area contributed by atoms with Crippen molar-refractivity contribution in [2.24, 2.45) is 5.41 Å². The second kappa shape index (κ2) is 9.52. The number of carbonyl (C=O) groups is 1. The monoisotopic (exact) mass is 550 g/mol. The molecule has 2 heterocycles. The van der Waals surface area contributed by atoms with Gasteiger partial charge in [-0.05, 0) is 60.2 Å². The Labute approximate surface area is 213 Å². The molecule has 34 heavy (non-hydrogen) atoms. The average molecular weight is 552 g/mol. The number of benzene rings is 1. The Morgan fingerprint density at radius 3 is 2.41 bits per heavy atom. The van der Waals surface area contributed by atoms with Gasteiger partial charge in [-0.3, -0.25) is 10.1 Å². The molecule has 1 fully saturated rings. The van der Waals surface area contributed by atoms with Crippen LogP contribution in [0.2, 0.25) is 5.02 Å². The van der Waals surface area contributed by atoms with E-state index in [9.17, 15) is 10.1 Å². The summed E-state index contributed by atoms with van der Waals surface area (Å²) < 4.78 is 21.8. The van der Waals surface area contributed by atoms with Crippen molar-refractivity contribution in [2.75, 3.05) is 0 Å². The number of ether oxygens (including phenoxy) is 1. The first-order chi connectivity index (χ1) is 15.7. The smallest absolute Gasteiger partial charge is 0.324 e. The first-order valence-electron chi connectivity index (χ1n) is 11.0. The van der Waals surface area contributed by atoms with Gasteiger partial charge >= 0.3 is 5.97 Å². The molecule has 1 saturated heterocycles. The highest BCUT2D eigenvalue weighted by atomic mass is 79.9. The minimum atomic E-state index is -1.47. The summed E-state index contributed by atoms with van der Waals surface area (Å²) in [6.07, 6.45) is 3.58. The third-order valence-corrected chi connectivity index (χ3v) is 6.42. The van der Waals surface area contributed by atoms with E-state index in [4.69, 9.17) is 16.3 Å². The zero-order valence-electron chi connectivity index (χ0n) is 20.1. The van der Waals surface area contributed by atoms with Gasteiger partial charge in [0.15, 0.2) is 5.82 Å². The van der Waals surface area contributed by atoms with Gasteiger partial charge in [-0.1, -0.05) is 44.5 Å². The van der Waals surface area contributed by atoms with Gasteiger partial charge in [0.2, 0.25) is 0 Å². The molecule has 0 aliphatic carbocycles. The molecule has 2 aromatic rings. The molecule has 0 unspecified atom stereocenters. The standard InChI is InChI=1S/C25H29BrClFN4O2/c1-23(2,3)10-17-25(13-29,22-30-11-14(26)12-31-22)18(15-8-7-9-16(27)19(15)28)20(32-17)21(33)34-24(4,5)6/h7-9,11-12,17-18,20,32H,10H2,1-6H3/t17-,18-,20+,25+/m0/s1. The van der Waals surface area contributed by atoms with E-state index < -0.39 is 40.8 Å². The number of nitrogens with one attached hydrogen (secondary N) is 1. The Kier molecular flexibility index (Phi) is 7.43. The van der Waals surface area contributed by atoms with Gasteiger partial charge in [-0.2, -0.15) is 5.26 Å². The molecule has 1 aliphatic rings. The van der Waals surface area contributed by atoms with E-state index in [2.05, 4.69) is 37.3 Å². The molecule has 0 spiro atoms. The number of aromatic nitrogens is 2. The molecule has 6 nitrogen and oxygen atoms in total. The summed E-state index contributed by atoms with van der Waals surface area (Å²) >= 11 is 9.47. The molecular weight excluding hydrogens is 523 g/mol. The second-order valence-electron chi connectivity index (χ2n) is 10.8. The minimum absolute atomic E-state index is 0.0942. The minimum Gasteiger partial charge on any atom is -0.459 e. The van der Waals surface area contributed by atoms with Crippen LogP contribution in [0.5, 0.6) is 0 Å². The van der Waals surface area contributed by atoms with Crippen molar-refractivity contribution in [1.29, 1.82) is 5.26 Å². The first-order valence-corrected chi connectivity index (χ1v) is 12.2. The Morgan fingerprint density at radius 2 is 1.88 bits per heavy atom.